The van der Waals surface area contributed by atoms with Crippen LogP contribution in [0.1, 0.15) is 18.1 Å². The second-order valence-corrected chi connectivity index (χ2v) is 5.86. The summed E-state index contributed by atoms with van der Waals surface area (Å²) >= 11 is 0. The lowest BCUT2D eigenvalue weighted by atomic mass is 10.1. The maximum atomic E-state index is 4.80. The molecule has 0 spiro atoms. The van der Waals surface area contributed by atoms with Crippen LogP contribution in [-0.4, -0.2) is 9.55 Å². The lowest BCUT2D eigenvalue weighted by molar-refractivity contribution is 0.796. The van der Waals surface area contributed by atoms with E-state index in [1.54, 1.807) is 0 Å². The van der Waals surface area contributed by atoms with E-state index in [4.69, 9.17) is 4.98 Å². The molecule has 4 rings (SSSR count). The Morgan fingerprint density at radius 1 is 0.760 bits per heavy atom. The molecule has 2 heteroatoms. The SMILES string of the molecule is CCn1c(-c2ccc(C#Cc3ccccc3)cc2)nc2ccccc21. The highest BCUT2D eigenvalue weighted by Crippen LogP contribution is 2.24. The van der Waals surface area contributed by atoms with Crippen molar-refractivity contribution in [1.82, 2.24) is 9.55 Å². The van der Waals surface area contributed by atoms with Gasteiger partial charge in [-0.05, 0) is 43.3 Å². The largest absolute Gasteiger partial charge is 0.324 e. The lowest BCUT2D eigenvalue weighted by Crippen LogP contribution is -1.97. The van der Waals surface area contributed by atoms with Gasteiger partial charge >= 0.3 is 0 Å². The fraction of sp³-hybridized carbons (Fsp3) is 0.0870. The van der Waals surface area contributed by atoms with Gasteiger partial charge in [-0.1, -0.05) is 54.3 Å². The van der Waals surface area contributed by atoms with Crippen molar-refractivity contribution in [2.75, 3.05) is 0 Å². The fourth-order valence-electron chi connectivity index (χ4n) is 2.98. The Morgan fingerprint density at radius 3 is 2.12 bits per heavy atom. The predicted molar refractivity (Wildman–Crippen MR) is 103 cm³/mol. The second kappa shape index (κ2) is 6.67. The predicted octanol–water partition coefficient (Wildman–Crippen LogP) is 5.12. The van der Waals surface area contributed by atoms with E-state index in [1.807, 2.05) is 36.4 Å². The standard InChI is InChI=1S/C23H18N2/c1-2-25-22-11-7-6-10-21(22)24-23(25)20-16-14-19(15-17-20)13-12-18-8-4-3-5-9-18/h3-11,14-17H,2H2,1H3. The molecular formula is C23H18N2. The van der Waals surface area contributed by atoms with Crippen LogP contribution in [0.5, 0.6) is 0 Å². The van der Waals surface area contributed by atoms with Gasteiger partial charge in [-0.25, -0.2) is 4.98 Å². The fourth-order valence-corrected chi connectivity index (χ4v) is 2.98. The number of rotatable bonds is 2. The van der Waals surface area contributed by atoms with Crippen LogP contribution in [0, 0.1) is 11.8 Å². The Hall–Kier alpha value is -3.31. The molecule has 0 radical (unpaired) electrons. The van der Waals surface area contributed by atoms with Gasteiger partial charge in [0.1, 0.15) is 5.82 Å². The first-order valence-electron chi connectivity index (χ1n) is 8.48. The van der Waals surface area contributed by atoms with Crippen LogP contribution in [0.2, 0.25) is 0 Å². The zero-order valence-corrected chi connectivity index (χ0v) is 14.1. The summed E-state index contributed by atoms with van der Waals surface area (Å²) in [5, 5.41) is 0. The first kappa shape index (κ1) is 15.2. The Morgan fingerprint density at radius 2 is 1.40 bits per heavy atom. The van der Waals surface area contributed by atoms with Crippen molar-refractivity contribution < 1.29 is 0 Å². The summed E-state index contributed by atoms with van der Waals surface area (Å²) in [5.74, 6) is 7.42. The number of hydrogen-bond donors (Lipinski definition) is 0. The van der Waals surface area contributed by atoms with Crippen molar-refractivity contribution in [2.24, 2.45) is 0 Å². The molecule has 120 valence electrons. The maximum Gasteiger partial charge on any atom is 0.141 e. The van der Waals surface area contributed by atoms with E-state index in [2.05, 4.69) is 65.8 Å². The van der Waals surface area contributed by atoms with Gasteiger partial charge in [-0.3, -0.25) is 0 Å². The molecular weight excluding hydrogens is 304 g/mol. The Kier molecular flexibility index (Phi) is 4.06. The molecule has 0 fully saturated rings. The van der Waals surface area contributed by atoms with Crippen LogP contribution in [0.3, 0.4) is 0 Å². The molecule has 3 aromatic carbocycles. The molecule has 0 saturated heterocycles. The van der Waals surface area contributed by atoms with Crippen LogP contribution in [0.4, 0.5) is 0 Å². The third kappa shape index (κ3) is 3.05. The van der Waals surface area contributed by atoms with Crippen molar-refractivity contribution in [2.45, 2.75) is 13.5 Å². The highest BCUT2D eigenvalue weighted by atomic mass is 15.1. The molecule has 0 saturated carbocycles. The number of imidazole rings is 1. The Bertz CT molecular complexity index is 1060. The van der Waals surface area contributed by atoms with E-state index in [-0.39, 0.29) is 0 Å². The van der Waals surface area contributed by atoms with E-state index in [0.717, 1.165) is 34.6 Å². The number of fused-ring (bicyclic) bond motifs is 1. The van der Waals surface area contributed by atoms with E-state index < -0.39 is 0 Å². The van der Waals surface area contributed by atoms with Gasteiger partial charge in [0.25, 0.3) is 0 Å². The molecule has 0 aliphatic carbocycles. The van der Waals surface area contributed by atoms with Crippen molar-refractivity contribution in [3.63, 3.8) is 0 Å². The monoisotopic (exact) mass is 322 g/mol. The number of para-hydroxylation sites is 2. The van der Waals surface area contributed by atoms with Crippen LogP contribution < -0.4 is 0 Å². The number of nitrogens with zero attached hydrogens (tertiary/aromatic N) is 2. The van der Waals surface area contributed by atoms with Gasteiger partial charge in [0.2, 0.25) is 0 Å². The normalized spacial score (nSPS) is 10.4. The molecule has 0 unspecified atom stereocenters. The highest BCUT2D eigenvalue weighted by Gasteiger charge is 2.10. The average molecular weight is 322 g/mol. The molecule has 1 aromatic heterocycles. The third-order valence-electron chi connectivity index (χ3n) is 4.24. The zero-order valence-electron chi connectivity index (χ0n) is 14.1. The van der Waals surface area contributed by atoms with Gasteiger partial charge in [-0.2, -0.15) is 0 Å². The quantitative estimate of drug-likeness (QED) is 0.468. The molecule has 25 heavy (non-hydrogen) atoms. The maximum absolute atomic E-state index is 4.80. The minimum atomic E-state index is 0.894. The molecule has 0 aliphatic heterocycles. The highest BCUT2D eigenvalue weighted by molar-refractivity contribution is 5.80. The van der Waals surface area contributed by atoms with Gasteiger partial charge in [-0.15, -0.1) is 0 Å². The van der Waals surface area contributed by atoms with E-state index in [0.29, 0.717) is 0 Å². The minimum absolute atomic E-state index is 0.894. The van der Waals surface area contributed by atoms with E-state index >= 15 is 0 Å². The molecule has 0 N–H and O–H groups in total. The first-order valence-corrected chi connectivity index (χ1v) is 8.48. The molecule has 2 nitrogen and oxygen atoms in total. The molecule has 0 aliphatic rings. The Balaban J connectivity index is 1.68. The molecule has 0 amide bonds. The van der Waals surface area contributed by atoms with Gasteiger partial charge < -0.3 is 4.57 Å². The van der Waals surface area contributed by atoms with E-state index in [9.17, 15) is 0 Å². The molecule has 0 atom stereocenters. The number of hydrogen-bond acceptors (Lipinski definition) is 1. The summed E-state index contributed by atoms with van der Waals surface area (Å²) in [6.07, 6.45) is 0. The number of aryl methyl sites for hydroxylation is 1. The van der Waals surface area contributed by atoms with Gasteiger partial charge in [0, 0.05) is 23.2 Å². The topological polar surface area (TPSA) is 17.8 Å². The number of benzene rings is 3. The van der Waals surface area contributed by atoms with Crippen molar-refractivity contribution in [3.8, 4) is 23.2 Å². The van der Waals surface area contributed by atoms with E-state index in [1.165, 1.54) is 5.52 Å². The smallest absolute Gasteiger partial charge is 0.141 e. The van der Waals surface area contributed by atoms with Crippen molar-refractivity contribution in [3.05, 3.63) is 90.0 Å². The first-order chi connectivity index (χ1) is 12.3. The molecule has 0 bridgehead atoms. The van der Waals surface area contributed by atoms with Crippen LogP contribution >= 0.6 is 0 Å². The summed E-state index contributed by atoms with van der Waals surface area (Å²) in [5.41, 5.74) is 5.36. The second-order valence-electron chi connectivity index (χ2n) is 5.86. The van der Waals surface area contributed by atoms with Crippen LogP contribution in [0.15, 0.2) is 78.9 Å². The summed E-state index contributed by atoms with van der Waals surface area (Å²) in [6, 6.07) is 26.6. The summed E-state index contributed by atoms with van der Waals surface area (Å²) in [7, 11) is 0. The number of aromatic nitrogens is 2. The van der Waals surface area contributed by atoms with Crippen LogP contribution in [0.25, 0.3) is 22.4 Å². The zero-order chi connectivity index (χ0) is 17.1. The lowest BCUT2D eigenvalue weighted by Gasteiger charge is -2.06. The third-order valence-corrected chi connectivity index (χ3v) is 4.24. The Labute approximate surface area is 147 Å². The molecule has 4 aromatic rings. The summed E-state index contributed by atoms with van der Waals surface area (Å²) < 4.78 is 2.25. The van der Waals surface area contributed by atoms with Crippen molar-refractivity contribution >= 4 is 11.0 Å². The average Bonchev–Trinajstić information content (AvgIpc) is 3.06. The minimum Gasteiger partial charge on any atom is -0.324 e. The summed E-state index contributed by atoms with van der Waals surface area (Å²) in [6.45, 7) is 3.04. The van der Waals surface area contributed by atoms with Crippen LogP contribution in [-0.2, 0) is 6.54 Å². The summed E-state index contributed by atoms with van der Waals surface area (Å²) in [4.78, 5) is 4.80. The van der Waals surface area contributed by atoms with Gasteiger partial charge in [0.15, 0.2) is 0 Å². The van der Waals surface area contributed by atoms with Crippen molar-refractivity contribution in [1.29, 1.82) is 0 Å². The molecule has 1 heterocycles. The van der Waals surface area contributed by atoms with Gasteiger partial charge in [0.05, 0.1) is 11.0 Å².